The molecule has 0 N–H and O–H groups in total. The van der Waals surface area contributed by atoms with Gasteiger partial charge in [-0.15, -0.1) is 0 Å². The van der Waals surface area contributed by atoms with Crippen molar-refractivity contribution in [1.29, 1.82) is 10.5 Å². The molecule has 0 aliphatic carbocycles. The minimum Gasteiger partial charge on any atom is -0.312 e. The Morgan fingerprint density at radius 1 is 1.00 bits per heavy atom. The number of benzene rings is 2. The van der Waals surface area contributed by atoms with Gasteiger partial charge >= 0.3 is 0 Å². The molecule has 19 heavy (non-hydrogen) atoms. The molecule has 0 aliphatic rings. The molecule has 0 fully saturated rings. The van der Waals surface area contributed by atoms with Crippen LogP contribution in [0.2, 0.25) is 0 Å². The van der Waals surface area contributed by atoms with Crippen molar-refractivity contribution in [2.45, 2.75) is 0 Å². The molecule has 0 aromatic heterocycles. The van der Waals surface area contributed by atoms with Crippen molar-refractivity contribution in [1.82, 2.24) is 4.90 Å². The number of rotatable bonds is 3. The third-order valence-corrected chi connectivity index (χ3v) is 2.81. The summed E-state index contributed by atoms with van der Waals surface area (Å²) in [5, 5.41) is 19.4. The SMILES string of the molecule is N#CCN(CC#N)C(=O)c1ccc2ccccc2c1. The van der Waals surface area contributed by atoms with Crippen LogP contribution < -0.4 is 0 Å². The fourth-order valence-corrected chi connectivity index (χ4v) is 1.88. The van der Waals surface area contributed by atoms with E-state index in [0.29, 0.717) is 5.56 Å². The Labute approximate surface area is 111 Å². The zero-order valence-corrected chi connectivity index (χ0v) is 10.2. The van der Waals surface area contributed by atoms with E-state index in [2.05, 4.69) is 0 Å². The van der Waals surface area contributed by atoms with Gasteiger partial charge in [-0.25, -0.2) is 0 Å². The molecular formula is C15H11N3O. The summed E-state index contributed by atoms with van der Waals surface area (Å²) in [6, 6.07) is 16.9. The zero-order chi connectivity index (χ0) is 13.7. The molecule has 2 aromatic carbocycles. The number of carbonyl (C=O) groups excluding carboxylic acids is 1. The second-order valence-corrected chi connectivity index (χ2v) is 4.04. The number of nitrogens with zero attached hydrogens (tertiary/aromatic N) is 3. The maximum atomic E-state index is 12.2. The van der Waals surface area contributed by atoms with E-state index in [4.69, 9.17) is 10.5 Å². The van der Waals surface area contributed by atoms with Gasteiger partial charge in [-0.05, 0) is 22.9 Å². The second kappa shape index (κ2) is 5.66. The average Bonchev–Trinajstić information content (AvgIpc) is 2.46. The number of carbonyl (C=O) groups is 1. The van der Waals surface area contributed by atoms with Crippen LogP contribution in [-0.4, -0.2) is 23.9 Å². The van der Waals surface area contributed by atoms with Crippen molar-refractivity contribution in [3.05, 3.63) is 48.0 Å². The first-order valence-electron chi connectivity index (χ1n) is 5.78. The van der Waals surface area contributed by atoms with Crippen molar-refractivity contribution in [2.75, 3.05) is 13.1 Å². The van der Waals surface area contributed by atoms with Gasteiger partial charge in [0.15, 0.2) is 0 Å². The van der Waals surface area contributed by atoms with Crippen LogP contribution in [-0.2, 0) is 0 Å². The third-order valence-electron chi connectivity index (χ3n) is 2.81. The molecule has 0 bridgehead atoms. The Kier molecular flexibility index (Phi) is 3.75. The van der Waals surface area contributed by atoms with Crippen LogP contribution >= 0.6 is 0 Å². The molecule has 0 atom stereocenters. The van der Waals surface area contributed by atoms with Gasteiger partial charge in [-0.1, -0.05) is 30.3 Å². The van der Waals surface area contributed by atoms with Crippen LogP contribution in [0.4, 0.5) is 0 Å². The molecule has 0 heterocycles. The minimum absolute atomic E-state index is 0.0841. The highest BCUT2D eigenvalue weighted by Gasteiger charge is 2.15. The van der Waals surface area contributed by atoms with Crippen molar-refractivity contribution in [3.63, 3.8) is 0 Å². The fraction of sp³-hybridized carbons (Fsp3) is 0.133. The molecule has 0 saturated carbocycles. The van der Waals surface area contributed by atoms with E-state index in [-0.39, 0.29) is 19.0 Å². The van der Waals surface area contributed by atoms with Crippen LogP contribution in [0.25, 0.3) is 10.8 Å². The molecule has 0 radical (unpaired) electrons. The maximum Gasteiger partial charge on any atom is 0.255 e. The Balaban J connectivity index is 2.35. The predicted octanol–water partition coefficient (Wildman–Crippen LogP) is 2.33. The molecule has 1 amide bonds. The van der Waals surface area contributed by atoms with Crippen LogP contribution in [0.3, 0.4) is 0 Å². The topological polar surface area (TPSA) is 67.9 Å². The van der Waals surface area contributed by atoms with E-state index >= 15 is 0 Å². The normalized spacial score (nSPS) is 9.58. The van der Waals surface area contributed by atoms with Gasteiger partial charge in [0.25, 0.3) is 5.91 Å². The van der Waals surface area contributed by atoms with Gasteiger partial charge in [0, 0.05) is 5.56 Å². The van der Waals surface area contributed by atoms with Crippen molar-refractivity contribution >= 4 is 16.7 Å². The summed E-state index contributed by atoms with van der Waals surface area (Å²) in [4.78, 5) is 13.4. The van der Waals surface area contributed by atoms with Gasteiger partial charge in [0.1, 0.15) is 13.1 Å². The van der Waals surface area contributed by atoms with Crippen molar-refractivity contribution < 1.29 is 4.79 Å². The molecule has 0 spiro atoms. The van der Waals surface area contributed by atoms with Gasteiger partial charge in [0.05, 0.1) is 12.1 Å². The first-order chi connectivity index (χ1) is 9.26. The third kappa shape index (κ3) is 2.70. The Morgan fingerprint density at radius 3 is 2.26 bits per heavy atom. The van der Waals surface area contributed by atoms with E-state index in [9.17, 15) is 4.79 Å². The lowest BCUT2D eigenvalue weighted by molar-refractivity contribution is 0.0795. The largest absolute Gasteiger partial charge is 0.312 e. The Bertz CT molecular complexity index is 678. The monoisotopic (exact) mass is 249 g/mol. The Hall–Kier alpha value is -2.85. The summed E-state index contributed by atoms with van der Waals surface area (Å²) in [5.41, 5.74) is 0.490. The minimum atomic E-state index is -0.297. The van der Waals surface area contributed by atoms with E-state index in [0.717, 1.165) is 10.8 Å². The molecule has 4 heteroatoms. The lowest BCUT2D eigenvalue weighted by Crippen LogP contribution is -2.31. The van der Waals surface area contributed by atoms with Crippen molar-refractivity contribution in [2.24, 2.45) is 0 Å². The van der Waals surface area contributed by atoms with Gasteiger partial charge < -0.3 is 4.90 Å². The first-order valence-corrected chi connectivity index (χ1v) is 5.78. The van der Waals surface area contributed by atoms with Gasteiger partial charge in [-0.2, -0.15) is 10.5 Å². The van der Waals surface area contributed by atoms with Crippen LogP contribution in [0.15, 0.2) is 42.5 Å². The van der Waals surface area contributed by atoms with Gasteiger partial charge in [-0.3, -0.25) is 4.79 Å². The smallest absolute Gasteiger partial charge is 0.255 e. The first kappa shape index (κ1) is 12.6. The number of nitriles is 2. The summed E-state index contributed by atoms with van der Waals surface area (Å²) >= 11 is 0. The molecule has 2 aromatic rings. The molecule has 0 saturated heterocycles. The number of hydrogen-bond donors (Lipinski definition) is 0. The highest BCUT2D eigenvalue weighted by molar-refractivity contribution is 5.98. The van der Waals surface area contributed by atoms with Crippen LogP contribution in [0.1, 0.15) is 10.4 Å². The van der Waals surface area contributed by atoms with E-state index in [1.165, 1.54) is 4.90 Å². The fourth-order valence-electron chi connectivity index (χ4n) is 1.88. The zero-order valence-electron chi connectivity index (χ0n) is 10.2. The van der Waals surface area contributed by atoms with Gasteiger partial charge in [0.2, 0.25) is 0 Å². The highest BCUT2D eigenvalue weighted by atomic mass is 16.2. The molecule has 4 nitrogen and oxygen atoms in total. The van der Waals surface area contributed by atoms with Crippen LogP contribution in [0.5, 0.6) is 0 Å². The molecule has 0 unspecified atom stereocenters. The molecule has 2 rings (SSSR count). The van der Waals surface area contributed by atoms with Crippen molar-refractivity contribution in [3.8, 4) is 12.1 Å². The lowest BCUT2D eigenvalue weighted by atomic mass is 10.1. The summed E-state index contributed by atoms with van der Waals surface area (Å²) in [7, 11) is 0. The second-order valence-electron chi connectivity index (χ2n) is 4.04. The van der Waals surface area contributed by atoms with E-state index in [1.807, 2.05) is 42.5 Å². The standard InChI is InChI=1S/C15H11N3O/c16-7-9-18(10-8-17)15(19)14-6-5-12-3-1-2-4-13(12)11-14/h1-6,11H,9-10H2. The molecule has 92 valence electrons. The predicted molar refractivity (Wildman–Crippen MR) is 71.1 cm³/mol. The highest BCUT2D eigenvalue weighted by Crippen LogP contribution is 2.16. The summed E-state index contributed by atoms with van der Waals surface area (Å²) < 4.78 is 0. The number of hydrogen-bond acceptors (Lipinski definition) is 3. The van der Waals surface area contributed by atoms with E-state index < -0.39 is 0 Å². The Morgan fingerprint density at radius 2 is 1.63 bits per heavy atom. The molecular weight excluding hydrogens is 238 g/mol. The average molecular weight is 249 g/mol. The summed E-state index contributed by atoms with van der Waals surface area (Å²) in [6.45, 7) is -0.168. The summed E-state index contributed by atoms with van der Waals surface area (Å²) in [6.07, 6.45) is 0. The number of fused-ring (bicyclic) bond motifs is 1. The molecule has 0 aliphatic heterocycles. The van der Waals surface area contributed by atoms with Crippen LogP contribution in [0, 0.1) is 22.7 Å². The number of amides is 1. The summed E-state index contributed by atoms with van der Waals surface area (Å²) in [5.74, 6) is -0.297. The quantitative estimate of drug-likeness (QED) is 0.784. The lowest BCUT2D eigenvalue weighted by Gasteiger charge is -2.15. The van der Waals surface area contributed by atoms with E-state index in [1.54, 1.807) is 12.1 Å². The maximum absolute atomic E-state index is 12.2.